The number of methoxy groups -OCH3 is 2. The van der Waals surface area contributed by atoms with Gasteiger partial charge in [-0.15, -0.1) is 0 Å². The lowest BCUT2D eigenvalue weighted by atomic mass is 10.1. The molecule has 6 heteroatoms. The zero-order valence-electron chi connectivity index (χ0n) is 13.7. The van der Waals surface area contributed by atoms with Crippen molar-refractivity contribution in [1.29, 1.82) is 0 Å². The van der Waals surface area contributed by atoms with Crippen LogP contribution in [-0.4, -0.2) is 20.1 Å². The maximum atomic E-state index is 13.7. The molecule has 24 heavy (non-hydrogen) atoms. The van der Waals surface area contributed by atoms with Crippen molar-refractivity contribution in [1.82, 2.24) is 5.32 Å². The number of nitrogens with one attached hydrogen (secondary N) is 1. The number of ether oxygens (including phenoxy) is 2. The average Bonchev–Trinajstić information content (AvgIpc) is 2.54. The summed E-state index contributed by atoms with van der Waals surface area (Å²) in [7, 11) is 2.76. The van der Waals surface area contributed by atoms with E-state index in [1.54, 1.807) is 19.1 Å². The summed E-state index contributed by atoms with van der Waals surface area (Å²) >= 11 is 0. The highest BCUT2D eigenvalue weighted by atomic mass is 19.1. The third kappa shape index (κ3) is 4.22. The van der Waals surface area contributed by atoms with Crippen LogP contribution in [0.4, 0.5) is 8.78 Å². The van der Waals surface area contributed by atoms with Crippen molar-refractivity contribution in [3.05, 3.63) is 59.2 Å². The summed E-state index contributed by atoms with van der Waals surface area (Å²) in [5.41, 5.74) is 1.14. The number of carbonyl (C=O) groups excluding carboxylic acids is 1. The molecule has 1 unspecified atom stereocenters. The van der Waals surface area contributed by atoms with Gasteiger partial charge in [-0.1, -0.05) is 12.1 Å². The second kappa shape index (κ2) is 7.77. The first-order valence-corrected chi connectivity index (χ1v) is 7.39. The predicted octanol–water partition coefficient (Wildman–Crippen LogP) is 3.40. The molecule has 0 saturated heterocycles. The molecule has 0 fully saturated rings. The van der Waals surface area contributed by atoms with Crippen LogP contribution in [0.2, 0.25) is 0 Å². The second-order valence-electron chi connectivity index (χ2n) is 5.33. The van der Waals surface area contributed by atoms with Crippen molar-refractivity contribution in [3.8, 4) is 11.5 Å². The predicted molar refractivity (Wildman–Crippen MR) is 86.2 cm³/mol. The van der Waals surface area contributed by atoms with Crippen LogP contribution in [0.5, 0.6) is 11.5 Å². The topological polar surface area (TPSA) is 47.6 Å². The van der Waals surface area contributed by atoms with E-state index in [0.717, 1.165) is 0 Å². The van der Waals surface area contributed by atoms with Crippen molar-refractivity contribution >= 4 is 5.91 Å². The number of hydrogen-bond acceptors (Lipinski definition) is 3. The molecule has 0 heterocycles. The SMILES string of the molecule is COc1ccc(CC(=O)NC(C)c2ccc(OC)c(F)c2)cc1F. The largest absolute Gasteiger partial charge is 0.494 e. The summed E-state index contributed by atoms with van der Waals surface area (Å²) in [6, 6.07) is 8.47. The summed E-state index contributed by atoms with van der Waals surface area (Å²) in [5.74, 6) is -1.03. The number of halogens is 2. The maximum Gasteiger partial charge on any atom is 0.224 e. The summed E-state index contributed by atoms with van der Waals surface area (Å²) in [5, 5.41) is 2.76. The highest BCUT2D eigenvalue weighted by molar-refractivity contribution is 5.79. The Labute approximate surface area is 139 Å². The van der Waals surface area contributed by atoms with Crippen LogP contribution in [0, 0.1) is 11.6 Å². The quantitative estimate of drug-likeness (QED) is 0.880. The summed E-state index contributed by atoms with van der Waals surface area (Å²) in [6.07, 6.45) is 0.0177. The fourth-order valence-corrected chi connectivity index (χ4v) is 2.33. The molecule has 0 aliphatic carbocycles. The van der Waals surface area contributed by atoms with Gasteiger partial charge in [-0.3, -0.25) is 4.79 Å². The Morgan fingerprint density at radius 1 is 1.04 bits per heavy atom. The van der Waals surface area contributed by atoms with E-state index in [1.807, 2.05) is 0 Å². The van der Waals surface area contributed by atoms with Crippen LogP contribution in [0.3, 0.4) is 0 Å². The molecule has 4 nitrogen and oxygen atoms in total. The Morgan fingerprint density at radius 3 is 2.17 bits per heavy atom. The van der Waals surface area contributed by atoms with Gasteiger partial charge in [0.15, 0.2) is 23.1 Å². The van der Waals surface area contributed by atoms with Crippen LogP contribution >= 0.6 is 0 Å². The van der Waals surface area contributed by atoms with E-state index in [9.17, 15) is 13.6 Å². The molecule has 0 radical (unpaired) electrons. The molecular formula is C18H19F2NO3. The van der Waals surface area contributed by atoms with Gasteiger partial charge in [0.05, 0.1) is 26.7 Å². The number of benzene rings is 2. The van der Waals surface area contributed by atoms with E-state index in [-0.39, 0.29) is 29.9 Å². The van der Waals surface area contributed by atoms with Crippen LogP contribution in [0.1, 0.15) is 24.1 Å². The van der Waals surface area contributed by atoms with Crippen molar-refractivity contribution in [3.63, 3.8) is 0 Å². The van der Waals surface area contributed by atoms with E-state index in [2.05, 4.69) is 5.32 Å². The van der Waals surface area contributed by atoms with E-state index in [4.69, 9.17) is 9.47 Å². The first-order chi connectivity index (χ1) is 11.4. The molecule has 128 valence electrons. The number of amides is 1. The standard InChI is InChI=1S/C18H19F2NO3/c1-11(13-5-7-17(24-3)15(20)10-13)21-18(22)9-12-4-6-16(23-2)14(19)8-12/h4-8,10-11H,9H2,1-3H3,(H,21,22). The molecule has 0 aliphatic rings. The summed E-state index contributed by atoms with van der Waals surface area (Å²) < 4.78 is 37.1. The van der Waals surface area contributed by atoms with Crippen LogP contribution < -0.4 is 14.8 Å². The van der Waals surface area contributed by atoms with E-state index in [0.29, 0.717) is 11.1 Å². The number of rotatable bonds is 6. The van der Waals surface area contributed by atoms with E-state index < -0.39 is 11.6 Å². The Bertz CT molecular complexity index is 734. The van der Waals surface area contributed by atoms with Gasteiger partial charge < -0.3 is 14.8 Å². The minimum atomic E-state index is -0.520. The van der Waals surface area contributed by atoms with Gasteiger partial charge in [0, 0.05) is 0 Å². The van der Waals surface area contributed by atoms with Crippen LogP contribution in [0.25, 0.3) is 0 Å². The first kappa shape index (κ1) is 17.7. The molecule has 0 bridgehead atoms. The highest BCUT2D eigenvalue weighted by Crippen LogP contribution is 2.22. The normalized spacial score (nSPS) is 11.7. The fourth-order valence-electron chi connectivity index (χ4n) is 2.33. The van der Waals surface area contributed by atoms with E-state index >= 15 is 0 Å². The van der Waals surface area contributed by atoms with Crippen LogP contribution in [-0.2, 0) is 11.2 Å². The van der Waals surface area contributed by atoms with Gasteiger partial charge in [-0.25, -0.2) is 8.78 Å². The molecule has 2 aromatic carbocycles. The minimum Gasteiger partial charge on any atom is -0.494 e. The maximum absolute atomic E-state index is 13.7. The zero-order valence-corrected chi connectivity index (χ0v) is 13.7. The number of carbonyl (C=O) groups is 1. The lowest BCUT2D eigenvalue weighted by Gasteiger charge is -2.15. The Morgan fingerprint density at radius 2 is 1.62 bits per heavy atom. The van der Waals surface area contributed by atoms with Crippen molar-refractivity contribution in [2.24, 2.45) is 0 Å². The molecule has 0 saturated carbocycles. The smallest absolute Gasteiger partial charge is 0.224 e. The zero-order chi connectivity index (χ0) is 17.7. The summed E-state index contributed by atoms with van der Waals surface area (Å²) in [4.78, 5) is 12.1. The van der Waals surface area contributed by atoms with Crippen LogP contribution in [0.15, 0.2) is 36.4 Å². The Hall–Kier alpha value is -2.63. The van der Waals surface area contributed by atoms with Crippen molar-refractivity contribution in [2.75, 3.05) is 14.2 Å². The minimum absolute atomic E-state index is 0.0177. The van der Waals surface area contributed by atoms with Crippen molar-refractivity contribution in [2.45, 2.75) is 19.4 Å². The first-order valence-electron chi connectivity index (χ1n) is 7.39. The summed E-state index contributed by atoms with van der Waals surface area (Å²) in [6.45, 7) is 1.74. The lowest BCUT2D eigenvalue weighted by molar-refractivity contribution is -0.121. The molecule has 0 spiro atoms. The molecule has 1 amide bonds. The average molecular weight is 335 g/mol. The Balaban J connectivity index is 2.01. The molecule has 2 rings (SSSR count). The van der Waals surface area contributed by atoms with Gasteiger partial charge in [0.2, 0.25) is 5.91 Å². The fraction of sp³-hybridized carbons (Fsp3) is 0.278. The lowest BCUT2D eigenvalue weighted by Crippen LogP contribution is -2.28. The molecule has 0 aliphatic heterocycles. The monoisotopic (exact) mass is 335 g/mol. The molecule has 2 aromatic rings. The van der Waals surface area contributed by atoms with Gasteiger partial charge in [0.25, 0.3) is 0 Å². The van der Waals surface area contributed by atoms with Gasteiger partial charge in [-0.05, 0) is 42.3 Å². The Kier molecular flexibility index (Phi) is 5.73. The third-order valence-electron chi connectivity index (χ3n) is 3.63. The van der Waals surface area contributed by atoms with Gasteiger partial charge in [-0.2, -0.15) is 0 Å². The third-order valence-corrected chi connectivity index (χ3v) is 3.63. The van der Waals surface area contributed by atoms with Crippen molar-refractivity contribution < 1.29 is 23.0 Å². The highest BCUT2D eigenvalue weighted by Gasteiger charge is 2.13. The molecule has 1 N–H and O–H groups in total. The molecular weight excluding hydrogens is 316 g/mol. The van der Waals surface area contributed by atoms with E-state index in [1.165, 1.54) is 38.5 Å². The van der Waals surface area contributed by atoms with Gasteiger partial charge in [0.1, 0.15) is 0 Å². The van der Waals surface area contributed by atoms with Gasteiger partial charge >= 0.3 is 0 Å². The molecule has 1 atom stereocenters. The number of hydrogen-bond donors (Lipinski definition) is 1. The second-order valence-corrected chi connectivity index (χ2v) is 5.33. The molecule has 0 aromatic heterocycles.